The van der Waals surface area contributed by atoms with Gasteiger partial charge in [-0.1, -0.05) is 11.6 Å². The van der Waals surface area contributed by atoms with Gasteiger partial charge in [0.05, 0.1) is 11.8 Å². The number of thioether (sulfide) groups is 1. The number of fused-ring (bicyclic) bond motifs is 2. The highest BCUT2D eigenvalue weighted by Crippen LogP contribution is 2.48. The molecule has 1 unspecified atom stereocenters. The van der Waals surface area contributed by atoms with Crippen LogP contribution in [0.1, 0.15) is 13.3 Å². The van der Waals surface area contributed by atoms with Gasteiger partial charge in [0.2, 0.25) is 0 Å². The highest BCUT2D eigenvalue weighted by atomic mass is 32.2. The third-order valence-corrected chi connectivity index (χ3v) is 5.44. The standard InChI is InChI=1S/C13H16O4S/c1-6-10-9(13(16)17-6)4-7-5-18-3-2-8(7)11(10)12(14)15/h4,6,8-11H,2-3,5H2,1H3,(H,14,15)/t6-,8?,9-,10-,11+/m1/s1. The van der Waals surface area contributed by atoms with E-state index in [1.54, 1.807) is 0 Å². The molecule has 2 saturated heterocycles. The van der Waals surface area contributed by atoms with Crippen molar-refractivity contribution in [3.05, 3.63) is 11.6 Å². The number of carboxylic acids is 1. The van der Waals surface area contributed by atoms with Crippen molar-refractivity contribution in [2.75, 3.05) is 11.5 Å². The zero-order chi connectivity index (χ0) is 12.9. The van der Waals surface area contributed by atoms with E-state index in [-0.39, 0.29) is 29.8 Å². The van der Waals surface area contributed by atoms with E-state index in [4.69, 9.17) is 4.74 Å². The van der Waals surface area contributed by atoms with Gasteiger partial charge in [0, 0.05) is 11.7 Å². The van der Waals surface area contributed by atoms with E-state index in [1.807, 2.05) is 24.8 Å². The van der Waals surface area contributed by atoms with E-state index in [9.17, 15) is 14.7 Å². The number of aliphatic carboxylic acids is 1. The maximum Gasteiger partial charge on any atom is 0.313 e. The summed E-state index contributed by atoms with van der Waals surface area (Å²) in [5, 5.41) is 9.53. The Morgan fingerprint density at radius 2 is 2.33 bits per heavy atom. The van der Waals surface area contributed by atoms with Crippen molar-refractivity contribution in [3.63, 3.8) is 0 Å². The van der Waals surface area contributed by atoms with Gasteiger partial charge in [0.15, 0.2) is 0 Å². The molecule has 18 heavy (non-hydrogen) atoms. The van der Waals surface area contributed by atoms with Crippen LogP contribution in [0.25, 0.3) is 0 Å². The molecule has 1 aliphatic carbocycles. The molecule has 0 bridgehead atoms. The smallest absolute Gasteiger partial charge is 0.313 e. The van der Waals surface area contributed by atoms with E-state index in [0.29, 0.717) is 0 Å². The van der Waals surface area contributed by atoms with Gasteiger partial charge < -0.3 is 9.84 Å². The van der Waals surface area contributed by atoms with Gasteiger partial charge in [-0.3, -0.25) is 9.59 Å². The Labute approximate surface area is 110 Å². The number of esters is 1. The van der Waals surface area contributed by atoms with Gasteiger partial charge >= 0.3 is 11.9 Å². The number of carbonyl (C=O) groups excluding carboxylic acids is 1. The van der Waals surface area contributed by atoms with Gasteiger partial charge in [-0.05, 0) is 25.0 Å². The second-order valence-corrected chi connectivity index (χ2v) is 6.40. The molecule has 2 aliphatic heterocycles. The fourth-order valence-corrected chi connectivity index (χ4v) is 4.71. The molecule has 4 nitrogen and oxygen atoms in total. The molecule has 3 rings (SSSR count). The third-order valence-electron chi connectivity index (χ3n) is 4.38. The van der Waals surface area contributed by atoms with Crippen LogP contribution >= 0.6 is 11.8 Å². The summed E-state index contributed by atoms with van der Waals surface area (Å²) in [4.78, 5) is 23.4. The highest BCUT2D eigenvalue weighted by Gasteiger charge is 2.54. The quantitative estimate of drug-likeness (QED) is 0.577. The fourth-order valence-electron chi connectivity index (χ4n) is 3.59. The predicted octanol–water partition coefficient (Wildman–Crippen LogP) is 1.56. The van der Waals surface area contributed by atoms with Crippen LogP contribution < -0.4 is 0 Å². The van der Waals surface area contributed by atoms with Crippen molar-refractivity contribution >= 4 is 23.7 Å². The fraction of sp³-hybridized carbons (Fsp3) is 0.692. The van der Waals surface area contributed by atoms with Crippen LogP contribution in [-0.4, -0.2) is 34.7 Å². The third kappa shape index (κ3) is 1.67. The van der Waals surface area contributed by atoms with Crippen molar-refractivity contribution in [2.45, 2.75) is 19.4 Å². The number of hydrogen-bond acceptors (Lipinski definition) is 4. The normalized spacial score (nSPS) is 42.6. The molecule has 2 fully saturated rings. The van der Waals surface area contributed by atoms with Crippen LogP contribution in [0.3, 0.4) is 0 Å². The second kappa shape index (κ2) is 4.30. The largest absolute Gasteiger partial charge is 0.481 e. The SMILES string of the molecule is C[C@H]1OC(=O)[C@@H]2C=C3CSCCC3[C@H](C(=O)O)[C@H]12. The van der Waals surface area contributed by atoms with Crippen molar-refractivity contribution in [1.82, 2.24) is 0 Å². The Morgan fingerprint density at radius 3 is 3.06 bits per heavy atom. The topological polar surface area (TPSA) is 63.6 Å². The van der Waals surface area contributed by atoms with E-state index >= 15 is 0 Å². The first-order chi connectivity index (χ1) is 8.59. The predicted molar refractivity (Wildman–Crippen MR) is 67.2 cm³/mol. The molecule has 0 amide bonds. The minimum absolute atomic E-state index is 0.0990. The average molecular weight is 268 g/mol. The monoisotopic (exact) mass is 268 g/mol. The van der Waals surface area contributed by atoms with E-state index in [2.05, 4.69) is 0 Å². The molecule has 0 aromatic heterocycles. The van der Waals surface area contributed by atoms with Crippen molar-refractivity contribution in [2.24, 2.45) is 23.7 Å². The minimum Gasteiger partial charge on any atom is -0.481 e. The van der Waals surface area contributed by atoms with Crippen LogP contribution in [0.5, 0.6) is 0 Å². The first-order valence-corrected chi connectivity index (χ1v) is 7.46. The Balaban J connectivity index is 2.03. The van der Waals surface area contributed by atoms with Gasteiger partial charge in [-0.15, -0.1) is 0 Å². The molecule has 0 radical (unpaired) electrons. The summed E-state index contributed by atoms with van der Waals surface area (Å²) in [7, 11) is 0. The molecule has 98 valence electrons. The van der Waals surface area contributed by atoms with Crippen molar-refractivity contribution < 1.29 is 19.4 Å². The van der Waals surface area contributed by atoms with E-state index in [0.717, 1.165) is 23.5 Å². The number of ether oxygens (including phenoxy) is 1. The maximum atomic E-state index is 11.8. The van der Waals surface area contributed by atoms with Gasteiger partial charge in [0.1, 0.15) is 6.10 Å². The van der Waals surface area contributed by atoms with Crippen LogP contribution in [0.4, 0.5) is 0 Å². The zero-order valence-electron chi connectivity index (χ0n) is 10.2. The van der Waals surface area contributed by atoms with Crippen LogP contribution in [0, 0.1) is 23.7 Å². The summed E-state index contributed by atoms with van der Waals surface area (Å²) in [6.45, 7) is 1.81. The Kier molecular flexibility index (Phi) is 2.88. The molecule has 0 saturated carbocycles. The second-order valence-electron chi connectivity index (χ2n) is 5.30. The Hall–Kier alpha value is -0.970. The van der Waals surface area contributed by atoms with Gasteiger partial charge in [0.25, 0.3) is 0 Å². The van der Waals surface area contributed by atoms with E-state index < -0.39 is 11.9 Å². The van der Waals surface area contributed by atoms with Crippen molar-refractivity contribution in [1.29, 1.82) is 0 Å². The molecule has 0 aromatic carbocycles. The molecular weight excluding hydrogens is 252 g/mol. The molecule has 5 heteroatoms. The molecule has 0 aromatic rings. The summed E-state index contributed by atoms with van der Waals surface area (Å²) in [5.41, 5.74) is 1.14. The van der Waals surface area contributed by atoms with Gasteiger partial charge in [-0.25, -0.2) is 0 Å². The summed E-state index contributed by atoms with van der Waals surface area (Å²) in [6.07, 6.45) is 2.61. The number of cyclic esters (lactones) is 1. The molecule has 1 N–H and O–H groups in total. The minimum atomic E-state index is -0.780. The lowest BCUT2D eigenvalue weighted by Crippen LogP contribution is -2.43. The number of rotatable bonds is 1. The van der Waals surface area contributed by atoms with Crippen LogP contribution in [0.2, 0.25) is 0 Å². The maximum absolute atomic E-state index is 11.8. The lowest BCUT2D eigenvalue weighted by molar-refractivity contribution is -0.147. The lowest BCUT2D eigenvalue weighted by Gasteiger charge is -2.39. The molecular formula is C13H16O4S. The summed E-state index contributed by atoms with van der Waals surface area (Å²) in [5.74, 6) is -0.0544. The molecule has 5 atom stereocenters. The Morgan fingerprint density at radius 1 is 1.56 bits per heavy atom. The first-order valence-electron chi connectivity index (χ1n) is 6.31. The zero-order valence-corrected chi connectivity index (χ0v) is 11.0. The van der Waals surface area contributed by atoms with E-state index in [1.165, 1.54) is 0 Å². The van der Waals surface area contributed by atoms with Gasteiger partial charge in [-0.2, -0.15) is 11.8 Å². The highest BCUT2D eigenvalue weighted by molar-refractivity contribution is 7.99. The summed E-state index contributed by atoms with van der Waals surface area (Å²) in [6, 6.07) is 0. The number of carboxylic acid groups (broad SMARTS) is 1. The molecule has 0 spiro atoms. The Bertz CT molecular complexity index is 431. The van der Waals surface area contributed by atoms with Crippen LogP contribution in [0.15, 0.2) is 11.6 Å². The number of carbonyl (C=O) groups is 2. The number of hydrogen-bond donors (Lipinski definition) is 1. The lowest BCUT2D eigenvalue weighted by atomic mass is 9.66. The summed E-state index contributed by atoms with van der Waals surface area (Å²) >= 11 is 1.82. The molecule has 2 heterocycles. The van der Waals surface area contributed by atoms with Crippen LogP contribution in [-0.2, 0) is 14.3 Å². The van der Waals surface area contributed by atoms with Crippen molar-refractivity contribution in [3.8, 4) is 0 Å². The average Bonchev–Trinajstić information content (AvgIpc) is 2.62. The molecule has 3 aliphatic rings. The first kappa shape index (κ1) is 12.1. The summed E-state index contributed by atoms with van der Waals surface area (Å²) < 4.78 is 5.24.